The lowest BCUT2D eigenvalue weighted by molar-refractivity contribution is -0.121. The molecule has 118 valence electrons. The number of ketones is 1. The van der Waals surface area contributed by atoms with Gasteiger partial charge in [-0.25, -0.2) is 13.3 Å². The first-order valence-corrected chi connectivity index (χ1v) is 7.13. The van der Waals surface area contributed by atoms with Gasteiger partial charge in [0, 0.05) is 5.41 Å². The van der Waals surface area contributed by atoms with E-state index in [9.17, 15) is 26.6 Å². The van der Waals surface area contributed by atoms with Gasteiger partial charge in [0.2, 0.25) is 0 Å². The molecule has 0 radical (unpaired) electrons. The van der Waals surface area contributed by atoms with Crippen LogP contribution in [0.4, 0.5) is 17.6 Å². The molecule has 0 aromatic heterocycles. The zero-order valence-corrected chi connectivity index (χ0v) is 12.5. The molecule has 3 nitrogen and oxygen atoms in total. The van der Waals surface area contributed by atoms with Gasteiger partial charge in [-0.2, -0.15) is 13.2 Å². The smallest absolute Gasteiger partial charge is 0.293 e. The second-order valence-corrected chi connectivity index (χ2v) is 6.72. The highest BCUT2D eigenvalue weighted by Gasteiger charge is 2.29. The Balaban J connectivity index is 3.02. The molecule has 8 heteroatoms. The van der Waals surface area contributed by atoms with E-state index in [0.717, 1.165) is 18.2 Å². The molecule has 1 aromatic rings. The van der Waals surface area contributed by atoms with E-state index in [0.29, 0.717) is 0 Å². The monoisotopic (exact) mass is 325 g/mol. The minimum absolute atomic E-state index is 0.0896. The highest BCUT2D eigenvalue weighted by atomic mass is 32.2. The topological polar surface area (TPSA) is 46.2 Å². The Morgan fingerprint density at radius 1 is 1.24 bits per heavy atom. The van der Waals surface area contributed by atoms with Gasteiger partial charge in [-0.05, 0) is 18.2 Å². The van der Waals surface area contributed by atoms with Crippen molar-refractivity contribution in [1.29, 1.82) is 0 Å². The molecule has 0 heterocycles. The minimum atomic E-state index is -4.51. The lowest BCUT2D eigenvalue weighted by atomic mass is 9.86. The lowest BCUT2D eigenvalue weighted by Gasteiger charge is -2.17. The zero-order valence-electron chi connectivity index (χ0n) is 11.7. The van der Waals surface area contributed by atoms with Gasteiger partial charge in [-0.15, -0.1) is 0 Å². The molecule has 0 fully saturated rings. The predicted octanol–water partition coefficient (Wildman–Crippen LogP) is 3.23. The molecule has 0 bridgehead atoms. The molecule has 0 aliphatic rings. The summed E-state index contributed by atoms with van der Waals surface area (Å²) in [4.78, 5) is 12.0. The number of alkyl halides is 3. The first-order chi connectivity index (χ1) is 9.42. The summed E-state index contributed by atoms with van der Waals surface area (Å²) in [5.41, 5.74) is -1.15. The van der Waals surface area contributed by atoms with Crippen molar-refractivity contribution in [3.63, 3.8) is 0 Å². The van der Waals surface area contributed by atoms with Crippen LogP contribution in [0.25, 0.3) is 0 Å². The third-order valence-corrected chi connectivity index (χ3v) is 3.57. The Kier molecular flexibility index (Phi) is 5.27. The highest BCUT2D eigenvalue weighted by molar-refractivity contribution is 7.83. The van der Waals surface area contributed by atoms with Gasteiger partial charge in [0.1, 0.15) is 23.3 Å². The van der Waals surface area contributed by atoms with Crippen LogP contribution in [-0.2, 0) is 11.0 Å². The summed E-state index contributed by atoms with van der Waals surface area (Å²) in [6.07, 6.45) is -4.51. The summed E-state index contributed by atoms with van der Waals surface area (Å²) < 4.78 is 63.3. The number of nitrogens with one attached hydrogen (secondary N) is 1. The van der Waals surface area contributed by atoms with Crippen LogP contribution in [0.2, 0.25) is 0 Å². The fraction of sp³-hybridized carbons (Fsp3) is 0.462. The summed E-state index contributed by atoms with van der Waals surface area (Å²) in [5.74, 6) is -1.32. The third-order valence-electron chi connectivity index (χ3n) is 2.48. The normalized spacial score (nSPS) is 14.0. The maximum Gasteiger partial charge on any atom is 0.402 e. The fourth-order valence-electron chi connectivity index (χ4n) is 1.43. The number of hydrogen-bond donors (Lipinski definition) is 1. The molecule has 0 aliphatic carbocycles. The Morgan fingerprint density at radius 2 is 1.81 bits per heavy atom. The number of halogens is 4. The van der Waals surface area contributed by atoms with Crippen LogP contribution in [0.5, 0.6) is 0 Å². The quantitative estimate of drug-likeness (QED) is 0.682. The molecule has 0 aliphatic heterocycles. The van der Waals surface area contributed by atoms with E-state index >= 15 is 0 Å². The number of Topliss-reactive ketones (excluding diaryl/α,β-unsaturated/α-hetero) is 1. The van der Waals surface area contributed by atoms with E-state index in [1.807, 2.05) is 0 Å². The van der Waals surface area contributed by atoms with E-state index in [-0.39, 0.29) is 10.5 Å². The second kappa shape index (κ2) is 6.23. The van der Waals surface area contributed by atoms with Crippen LogP contribution in [0.15, 0.2) is 23.1 Å². The Morgan fingerprint density at radius 3 is 2.29 bits per heavy atom. The molecular weight excluding hydrogens is 310 g/mol. The molecule has 1 unspecified atom stereocenters. The third kappa shape index (κ3) is 5.20. The van der Waals surface area contributed by atoms with Gasteiger partial charge in [0.25, 0.3) is 0 Å². The van der Waals surface area contributed by atoms with Gasteiger partial charge in [-0.3, -0.25) is 4.79 Å². The van der Waals surface area contributed by atoms with Crippen molar-refractivity contribution in [1.82, 2.24) is 4.72 Å². The van der Waals surface area contributed by atoms with Gasteiger partial charge in [0.15, 0.2) is 5.78 Å². The van der Waals surface area contributed by atoms with Gasteiger partial charge in [0.05, 0.1) is 10.5 Å². The van der Waals surface area contributed by atoms with E-state index in [2.05, 4.69) is 0 Å². The Labute approximate surface area is 122 Å². The molecule has 0 saturated carbocycles. The highest BCUT2D eigenvalue weighted by Crippen LogP contribution is 2.24. The number of benzene rings is 1. The van der Waals surface area contributed by atoms with E-state index in [1.165, 1.54) is 0 Å². The van der Waals surface area contributed by atoms with Crippen molar-refractivity contribution < 1.29 is 26.6 Å². The Hall–Kier alpha value is -1.28. The van der Waals surface area contributed by atoms with Crippen LogP contribution in [0, 0.1) is 11.2 Å². The van der Waals surface area contributed by atoms with Crippen molar-refractivity contribution in [3.05, 3.63) is 29.6 Å². The Bertz CT molecular complexity index is 564. The largest absolute Gasteiger partial charge is 0.402 e. The van der Waals surface area contributed by atoms with Crippen molar-refractivity contribution in [2.45, 2.75) is 31.8 Å². The SMILES string of the molecule is CC(C)(C)C(=O)c1cc(S(=O)NCC(F)(F)F)ccc1F. The molecule has 1 rings (SSSR count). The predicted molar refractivity (Wildman–Crippen MR) is 70.7 cm³/mol. The van der Waals surface area contributed by atoms with E-state index < -0.39 is 40.7 Å². The van der Waals surface area contributed by atoms with Crippen LogP contribution in [0.3, 0.4) is 0 Å². The van der Waals surface area contributed by atoms with Crippen molar-refractivity contribution >= 4 is 16.8 Å². The standard InChI is InChI=1S/C13H15F4NO2S/c1-12(2,3)11(19)9-6-8(4-5-10(9)14)21(20)18-7-13(15,16)17/h4-6,18H,7H2,1-3H3. The second-order valence-electron chi connectivity index (χ2n) is 5.43. The molecule has 1 atom stereocenters. The molecule has 0 spiro atoms. The van der Waals surface area contributed by atoms with Crippen LogP contribution in [0.1, 0.15) is 31.1 Å². The van der Waals surface area contributed by atoms with Gasteiger partial charge in [-0.1, -0.05) is 20.8 Å². The van der Waals surface area contributed by atoms with Crippen molar-refractivity contribution in [2.75, 3.05) is 6.54 Å². The van der Waals surface area contributed by atoms with E-state index in [1.54, 1.807) is 25.5 Å². The fourth-order valence-corrected chi connectivity index (χ4v) is 2.31. The van der Waals surface area contributed by atoms with Gasteiger partial charge >= 0.3 is 6.18 Å². The molecule has 0 saturated heterocycles. The summed E-state index contributed by atoms with van der Waals surface area (Å²) in [6, 6.07) is 3.01. The average molecular weight is 325 g/mol. The number of carbonyl (C=O) groups is 1. The number of rotatable bonds is 4. The summed E-state index contributed by atoms with van der Waals surface area (Å²) in [5, 5.41) is 0. The van der Waals surface area contributed by atoms with Gasteiger partial charge < -0.3 is 0 Å². The maximum atomic E-state index is 13.7. The van der Waals surface area contributed by atoms with Crippen molar-refractivity contribution in [3.8, 4) is 0 Å². The van der Waals surface area contributed by atoms with Crippen LogP contribution >= 0.6 is 0 Å². The van der Waals surface area contributed by atoms with Crippen LogP contribution < -0.4 is 4.72 Å². The summed E-state index contributed by atoms with van der Waals surface area (Å²) in [7, 11) is -2.18. The molecule has 21 heavy (non-hydrogen) atoms. The molecular formula is C13H15F4NO2S. The number of carbonyl (C=O) groups excluding carboxylic acids is 1. The zero-order chi connectivity index (χ0) is 16.4. The molecule has 0 amide bonds. The molecule has 1 aromatic carbocycles. The minimum Gasteiger partial charge on any atom is -0.293 e. The first kappa shape index (κ1) is 17.8. The summed E-state index contributed by atoms with van der Waals surface area (Å²) >= 11 is 0. The first-order valence-electron chi connectivity index (χ1n) is 5.98. The average Bonchev–Trinajstić information content (AvgIpc) is 2.33. The maximum absolute atomic E-state index is 13.7. The van der Waals surface area contributed by atoms with Crippen molar-refractivity contribution in [2.24, 2.45) is 5.41 Å². The van der Waals surface area contributed by atoms with E-state index in [4.69, 9.17) is 0 Å². The number of hydrogen-bond acceptors (Lipinski definition) is 2. The lowest BCUT2D eigenvalue weighted by Crippen LogP contribution is -2.30. The van der Waals surface area contributed by atoms with Crippen LogP contribution in [-0.4, -0.2) is 22.7 Å². The molecule has 1 N–H and O–H groups in total. The summed E-state index contributed by atoms with van der Waals surface area (Å²) in [6.45, 7) is 3.31.